The highest BCUT2D eigenvalue weighted by atomic mass is 127. The molecule has 1 N–H and O–H groups in total. The first-order valence-corrected chi connectivity index (χ1v) is 7.01. The van der Waals surface area contributed by atoms with Crippen molar-refractivity contribution in [2.45, 2.75) is 26.2 Å². The highest BCUT2D eigenvalue weighted by Crippen LogP contribution is 2.00. The summed E-state index contributed by atoms with van der Waals surface area (Å²) in [6.45, 7) is 2.20. The molecule has 0 radical (unpaired) electrons. The second kappa shape index (κ2) is 8.16. The van der Waals surface area contributed by atoms with E-state index >= 15 is 0 Å². The van der Waals surface area contributed by atoms with E-state index in [4.69, 9.17) is 10.3 Å². The van der Waals surface area contributed by atoms with Crippen LogP contribution in [0, 0.1) is 0 Å². The van der Waals surface area contributed by atoms with Crippen molar-refractivity contribution >= 4 is 0 Å². The summed E-state index contributed by atoms with van der Waals surface area (Å²) in [4.78, 5) is 4.22. The van der Waals surface area contributed by atoms with Crippen LogP contribution in [-0.4, -0.2) is 13.0 Å². The molecule has 0 aliphatic heterocycles. The van der Waals surface area contributed by atoms with E-state index in [9.17, 15) is 0 Å². The molecule has 5 nitrogen and oxygen atoms in total. The lowest BCUT2D eigenvalue weighted by Gasteiger charge is -1.97. The van der Waals surface area contributed by atoms with Crippen LogP contribution in [0.3, 0.4) is 0 Å². The summed E-state index contributed by atoms with van der Waals surface area (Å²) >= 11 is -3.76. The van der Waals surface area contributed by atoms with Gasteiger partial charge in [-0.25, -0.2) is 4.98 Å². The largest absolute Gasteiger partial charge is 0.503 e. The number of halogens is 1. The maximum absolute atomic E-state index is 8.68. The van der Waals surface area contributed by atoms with Gasteiger partial charge in [0.1, 0.15) is 5.82 Å². The Labute approximate surface area is 92.4 Å². The average Bonchev–Trinajstić information content (AvgIpc) is 2.47. The third-order valence-corrected chi connectivity index (χ3v) is 1.67. The molecule has 0 aromatic carbocycles. The van der Waals surface area contributed by atoms with Crippen LogP contribution in [-0.2, 0) is 13.5 Å². The number of nitrogens with zero attached hydrogens (tertiary/aromatic N) is 2. The highest BCUT2D eigenvalue weighted by molar-refractivity contribution is 4.90. The molecule has 0 bridgehead atoms. The molecule has 1 rings (SSSR count). The van der Waals surface area contributed by atoms with Crippen LogP contribution in [0.5, 0.6) is 0 Å². The van der Waals surface area contributed by atoms with Gasteiger partial charge in [0.2, 0.25) is 0 Å². The van der Waals surface area contributed by atoms with Crippen LogP contribution in [0.4, 0.5) is 0 Å². The van der Waals surface area contributed by atoms with Crippen molar-refractivity contribution in [3.63, 3.8) is 0 Å². The van der Waals surface area contributed by atoms with Gasteiger partial charge >= 0.3 is 21.1 Å². The van der Waals surface area contributed by atoms with Crippen molar-refractivity contribution in [2.24, 2.45) is 7.05 Å². The maximum Gasteiger partial charge on any atom is 0.503 e. The Hall–Kier alpha value is -0.180. The molecule has 0 aliphatic carbocycles. The minimum Gasteiger partial charge on any atom is -0.396 e. The Balaban J connectivity index is 0.000000364. The van der Waals surface area contributed by atoms with Gasteiger partial charge in [0.25, 0.3) is 0 Å². The zero-order valence-corrected chi connectivity index (χ0v) is 10.5. The zero-order valence-electron chi connectivity index (χ0n) is 8.31. The molecule has 14 heavy (non-hydrogen) atoms. The molecule has 0 spiro atoms. The first kappa shape index (κ1) is 13.8. The van der Waals surface area contributed by atoms with E-state index in [-0.39, 0.29) is 0 Å². The molecule has 0 fully saturated rings. The third-order valence-electron chi connectivity index (χ3n) is 1.67. The van der Waals surface area contributed by atoms with Gasteiger partial charge < -0.3 is 11.4 Å². The molecular formula is C8H15IN2O3. The lowest BCUT2D eigenvalue weighted by atomic mass is 10.2. The minimum absolute atomic E-state index is 1.11. The van der Waals surface area contributed by atoms with E-state index < -0.39 is 21.1 Å². The predicted molar refractivity (Wildman–Crippen MR) is 44.0 cm³/mol. The van der Waals surface area contributed by atoms with E-state index in [1.165, 1.54) is 18.7 Å². The number of aromatic nitrogens is 2. The van der Waals surface area contributed by atoms with Crippen molar-refractivity contribution in [3.8, 4) is 0 Å². The number of rotatable bonds is 3. The highest BCUT2D eigenvalue weighted by Gasteiger charge is 1.95. The zero-order chi connectivity index (χ0) is 11.0. The summed E-state index contributed by atoms with van der Waals surface area (Å²) in [6.07, 6.45) is 7.44. The van der Waals surface area contributed by atoms with Crippen LogP contribution >= 0.6 is 0 Å². The van der Waals surface area contributed by atoms with Gasteiger partial charge in [-0.3, -0.25) is 0 Å². The fraction of sp³-hybridized carbons (Fsp3) is 0.625. The summed E-state index contributed by atoms with van der Waals surface area (Å²) < 4.78 is 26.5. The summed E-state index contributed by atoms with van der Waals surface area (Å²) in [7, 11) is 2.04. The first-order valence-electron chi connectivity index (χ1n) is 4.28. The predicted octanol–water partition coefficient (Wildman–Crippen LogP) is -4.17. The molecule has 1 aromatic heterocycles. The van der Waals surface area contributed by atoms with E-state index in [1.807, 2.05) is 19.4 Å². The standard InChI is InChI=1S/C8H14N2.HIO3/c1-3-4-5-8-9-6-7-10(8)2;2-1(3)4/h6-7H,3-5H2,1-2H3;2H. The molecule has 6 heteroatoms. The smallest absolute Gasteiger partial charge is 0.396 e. The van der Waals surface area contributed by atoms with Crippen molar-refractivity contribution in [2.75, 3.05) is 0 Å². The van der Waals surface area contributed by atoms with Crippen LogP contribution in [0.2, 0.25) is 0 Å². The number of hydrogen-bond acceptors (Lipinski definition) is 4. The topological polar surface area (TPSA) is 84.2 Å². The third kappa shape index (κ3) is 7.25. The lowest BCUT2D eigenvalue weighted by Crippen LogP contribution is -3.98. The lowest BCUT2D eigenvalue weighted by molar-refractivity contribution is -1.63. The van der Waals surface area contributed by atoms with Crippen molar-refractivity contribution in [3.05, 3.63) is 18.2 Å². The number of aryl methyl sites for hydroxylation is 2. The Morgan fingerprint density at radius 1 is 1.57 bits per heavy atom. The van der Waals surface area contributed by atoms with E-state index in [0.717, 1.165) is 6.42 Å². The van der Waals surface area contributed by atoms with Gasteiger partial charge in [-0.05, 0) is 9.86 Å². The monoisotopic (exact) mass is 314 g/mol. The Morgan fingerprint density at radius 2 is 2.14 bits per heavy atom. The molecule has 0 saturated carbocycles. The van der Waals surface area contributed by atoms with Crippen LogP contribution in [0.25, 0.3) is 0 Å². The van der Waals surface area contributed by atoms with Crippen molar-refractivity contribution in [1.82, 2.24) is 9.55 Å². The molecule has 0 aliphatic rings. The van der Waals surface area contributed by atoms with E-state index in [2.05, 4.69) is 16.5 Å². The summed E-state index contributed by atoms with van der Waals surface area (Å²) in [5, 5.41) is 0. The summed E-state index contributed by atoms with van der Waals surface area (Å²) in [5.41, 5.74) is 0. The van der Waals surface area contributed by atoms with Gasteiger partial charge in [0.15, 0.2) is 0 Å². The minimum atomic E-state index is -3.76. The normalized spacial score (nSPS) is 9.86. The molecule has 0 amide bonds. The SMILES string of the molecule is CCCCc1nccn1C.[O-][I+2]([O-])O. The summed E-state index contributed by atoms with van der Waals surface area (Å²) in [6, 6.07) is 0. The fourth-order valence-electron chi connectivity index (χ4n) is 0.972. The molecule has 1 heterocycles. The number of hydrogen-bond donors (Lipinski definition) is 1. The Bertz CT molecular complexity index is 237. The molecule has 0 atom stereocenters. The second-order valence-corrected chi connectivity index (χ2v) is 3.91. The molecular weight excluding hydrogens is 299 g/mol. The summed E-state index contributed by atoms with van der Waals surface area (Å²) in [5.74, 6) is 1.20. The Morgan fingerprint density at radius 3 is 2.50 bits per heavy atom. The van der Waals surface area contributed by atoms with Crippen molar-refractivity contribution < 1.29 is 31.4 Å². The van der Waals surface area contributed by atoms with Gasteiger partial charge in [0.05, 0.1) is 0 Å². The van der Waals surface area contributed by atoms with Crippen molar-refractivity contribution in [1.29, 1.82) is 0 Å². The Kier molecular flexibility index (Phi) is 8.05. The first-order chi connectivity index (χ1) is 6.57. The number of unbranched alkanes of at least 4 members (excludes halogenated alkanes) is 1. The second-order valence-electron chi connectivity index (χ2n) is 2.76. The molecule has 82 valence electrons. The number of imidazole rings is 1. The van der Waals surface area contributed by atoms with Gasteiger partial charge in [0, 0.05) is 25.9 Å². The van der Waals surface area contributed by atoms with Gasteiger partial charge in [-0.1, -0.05) is 13.3 Å². The van der Waals surface area contributed by atoms with Crippen LogP contribution < -0.4 is 27.9 Å². The van der Waals surface area contributed by atoms with Crippen LogP contribution in [0.15, 0.2) is 12.4 Å². The fourth-order valence-corrected chi connectivity index (χ4v) is 0.972. The van der Waals surface area contributed by atoms with E-state index in [0.29, 0.717) is 0 Å². The average molecular weight is 314 g/mol. The van der Waals surface area contributed by atoms with Crippen LogP contribution in [0.1, 0.15) is 25.6 Å². The molecule has 1 aromatic rings. The van der Waals surface area contributed by atoms with Gasteiger partial charge in [-0.15, -0.1) is 0 Å². The maximum atomic E-state index is 8.68. The molecule has 0 unspecified atom stereocenters. The molecule has 0 saturated heterocycles. The van der Waals surface area contributed by atoms with Gasteiger partial charge in [-0.2, -0.15) is 0 Å². The van der Waals surface area contributed by atoms with E-state index in [1.54, 1.807) is 0 Å². The quantitative estimate of drug-likeness (QED) is 0.574.